The Morgan fingerprint density at radius 3 is 2.32 bits per heavy atom. The highest BCUT2D eigenvalue weighted by Crippen LogP contribution is 2.35. The molecule has 1 aromatic carbocycles. The molecule has 0 aliphatic heterocycles. The summed E-state index contributed by atoms with van der Waals surface area (Å²) in [6.07, 6.45) is 0.828. The summed E-state index contributed by atoms with van der Waals surface area (Å²) in [5, 5.41) is 0. The third-order valence-corrected chi connectivity index (χ3v) is 4.52. The van der Waals surface area contributed by atoms with Gasteiger partial charge in [0.25, 0.3) is 6.43 Å². The van der Waals surface area contributed by atoms with E-state index in [-0.39, 0.29) is 18.1 Å². The molecule has 7 heteroatoms. The summed E-state index contributed by atoms with van der Waals surface area (Å²) in [6.45, 7) is 0.373. The van der Waals surface area contributed by atoms with E-state index in [2.05, 4.69) is 11.3 Å². The molecule has 1 aliphatic carbocycles. The average molecular weight is 364 g/mol. The minimum absolute atomic E-state index is 0.220. The van der Waals surface area contributed by atoms with E-state index in [0.29, 0.717) is 18.8 Å². The minimum Gasteiger partial charge on any atom is -0.432 e. The van der Waals surface area contributed by atoms with Gasteiger partial charge in [-0.2, -0.15) is 8.78 Å². The van der Waals surface area contributed by atoms with Crippen LogP contribution >= 0.6 is 0 Å². The monoisotopic (exact) mass is 364 g/mol. The highest BCUT2D eigenvalue weighted by molar-refractivity contribution is 5.29. The zero-order chi connectivity index (χ0) is 18.4. The van der Waals surface area contributed by atoms with Crippen molar-refractivity contribution in [1.82, 2.24) is 0 Å². The number of ether oxygens (including phenoxy) is 2. The third-order valence-electron chi connectivity index (χ3n) is 4.52. The molecule has 1 atom stereocenters. The molecule has 0 bridgehead atoms. The van der Waals surface area contributed by atoms with Crippen molar-refractivity contribution in [2.45, 2.75) is 51.4 Å². The van der Waals surface area contributed by atoms with Crippen molar-refractivity contribution >= 4 is 0 Å². The van der Waals surface area contributed by atoms with Crippen LogP contribution in [-0.4, -0.2) is 19.1 Å². The number of hydrogen-bond donors (Lipinski definition) is 0. The molecule has 0 heterocycles. The van der Waals surface area contributed by atoms with Crippen molar-refractivity contribution in [3.63, 3.8) is 0 Å². The van der Waals surface area contributed by atoms with Crippen LogP contribution in [0.5, 0.6) is 5.75 Å². The Kier molecular flexibility index (Phi) is 7.23. The van der Waals surface area contributed by atoms with Crippen LogP contribution in [0.25, 0.3) is 0 Å². The quantitative estimate of drug-likeness (QED) is 0.443. The van der Waals surface area contributed by atoms with Gasteiger partial charge in [-0.25, -0.2) is 13.2 Å². The smallest absolute Gasteiger partial charge is 0.387 e. The van der Waals surface area contributed by atoms with Gasteiger partial charge in [-0.15, -0.1) is 6.58 Å². The minimum atomic E-state index is -3.13. The molecule has 1 aromatic rings. The lowest BCUT2D eigenvalue weighted by Crippen LogP contribution is -2.33. The van der Waals surface area contributed by atoms with Gasteiger partial charge in [0.1, 0.15) is 6.10 Å². The highest BCUT2D eigenvalue weighted by Gasteiger charge is 2.33. The maximum absolute atomic E-state index is 13.7. The number of hydrogen-bond acceptors (Lipinski definition) is 2. The topological polar surface area (TPSA) is 18.5 Å². The Labute approximate surface area is 143 Å². The van der Waals surface area contributed by atoms with E-state index in [1.54, 1.807) is 0 Å². The summed E-state index contributed by atoms with van der Waals surface area (Å²) in [5.74, 6) is -1.48. The fraction of sp³-hybridized carbons (Fsp3) is 0.556. The van der Waals surface area contributed by atoms with Crippen molar-refractivity contribution in [2.24, 2.45) is 11.8 Å². The summed E-state index contributed by atoms with van der Waals surface area (Å²) in [7, 11) is 0. The molecule has 2 rings (SSSR count). The molecule has 1 fully saturated rings. The summed E-state index contributed by atoms with van der Waals surface area (Å²) in [6, 6.07) is 3.31. The third kappa shape index (κ3) is 5.70. The first-order chi connectivity index (χ1) is 11.9. The second-order valence-electron chi connectivity index (χ2n) is 6.16. The summed E-state index contributed by atoms with van der Waals surface area (Å²) in [5.41, 5.74) is 0.282. The molecule has 2 nitrogen and oxygen atoms in total. The number of halogens is 5. The predicted octanol–water partition coefficient (Wildman–Crippen LogP) is 5.57. The van der Waals surface area contributed by atoms with Crippen molar-refractivity contribution in [2.75, 3.05) is 0 Å². The molecule has 1 saturated carbocycles. The van der Waals surface area contributed by atoms with Crippen LogP contribution in [0.2, 0.25) is 0 Å². The van der Waals surface area contributed by atoms with Gasteiger partial charge in [-0.3, -0.25) is 0 Å². The fourth-order valence-electron chi connectivity index (χ4n) is 3.14. The van der Waals surface area contributed by atoms with Gasteiger partial charge in [-0.05, 0) is 55.2 Å². The normalized spacial score (nSPS) is 22.2. The van der Waals surface area contributed by atoms with Gasteiger partial charge < -0.3 is 9.47 Å². The van der Waals surface area contributed by atoms with Crippen LogP contribution in [0.15, 0.2) is 30.9 Å². The van der Waals surface area contributed by atoms with Crippen LogP contribution in [0.1, 0.15) is 31.2 Å². The van der Waals surface area contributed by atoms with Gasteiger partial charge in [0, 0.05) is 0 Å². The van der Waals surface area contributed by atoms with Crippen LogP contribution in [0.3, 0.4) is 0 Å². The van der Waals surface area contributed by atoms with E-state index >= 15 is 0 Å². The van der Waals surface area contributed by atoms with Crippen molar-refractivity contribution in [3.05, 3.63) is 42.2 Å². The van der Waals surface area contributed by atoms with E-state index in [4.69, 9.17) is 4.74 Å². The molecule has 0 amide bonds. The predicted molar refractivity (Wildman–Crippen MR) is 83.3 cm³/mol. The number of rotatable bonds is 8. The Morgan fingerprint density at radius 2 is 1.80 bits per heavy atom. The molecular weight excluding hydrogens is 343 g/mol. The van der Waals surface area contributed by atoms with Crippen molar-refractivity contribution < 1.29 is 31.4 Å². The van der Waals surface area contributed by atoms with Gasteiger partial charge in [0.05, 0.1) is 6.61 Å². The molecule has 0 spiro atoms. The first kappa shape index (κ1) is 19.7. The van der Waals surface area contributed by atoms with E-state index in [1.165, 1.54) is 6.07 Å². The van der Waals surface area contributed by atoms with Crippen LogP contribution < -0.4 is 4.74 Å². The van der Waals surface area contributed by atoms with Crippen molar-refractivity contribution in [3.8, 4) is 5.75 Å². The molecule has 1 aliphatic rings. The second-order valence-corrected chi connectivity index (χ2v) is 6.16. The second kappa shape index (κ2) is 9.17. The maximum Gasteiger partial charge on any atom is 0.387 e. The Hall–Kier alpha value is -1.63. The van der Waals surface area contributed by atoms with Crippen molar-refractivity contribution in [1.29, 1.82) is 0 Å². The van der Waals surface area contributed by atoms with Crippen LogP contribution in [0.4, 0.5) is 22.0 Å². The summed E-state index contributed by atoms with van der Waals surface area (Å²) < 4.78 is 73.9. The molecule has 0 radical (unpaired) electrons. The lowest BCUT2D eigenvalue weighted by Gasteiger charge is -2.32. The Morgan fingerprint density at radius 1 is 1.12 bits per heavy atom. The fourth-order valence-corrected chi connectivity index (χ4v) is 3.14. The molecule has 0 aromatic heterocycles. The largest absolute Gasteiger partial charge is 0.432 e. The van der Waals surface area contributed by atoms with Gasteiger partial charge in [-0.1, -0.05) is 12.1 Å². The number of benzene rings is 1. The van der Waals surface area contributed by atoms with E-state index in [0.717, 1.165) is 25.0 Å². The average Bonchev–Trinajstić information content (AvgIpc) is 2.57. The standard InChI is InChI=1S/C18H21F5O2/c1-2-11-3-6-13(7-4-11)16(17(20)21)24-10-12-5-8-15(14(19)9-12)25-18(22)23/h2,5,8-9,11,13,16-18H,1,3-4,6-7,10H2. The zero-order valence-electron chi connectivity index (χ0n) is 13.6. The molecule has 25 heavy (non-hydrogen) atoms. The first-order valence-corrected chi connectivity index (χ1v) is 8.16. The van der Waals surface area contributed by atoms with E-state index in [9.17, 15) is 22.0 Å². The number of alkyl halides is 4. The molecule has 0 N–H and O–H groups in total. The highest BCUT2D eigenvalue weighted by atomic mass is 19.3. The van der Waals surface area contributed by atoms with E-state index < -0.39 is 30.7 Å². The molecule has 0 saturated heterocycles. The lowest BCUT2D eigenvalue weighted by molar-refractivity contribution is -0.101. The Balaban J connectivity index is 1.95. The zero-order valence-corrected chi connectivity index (χ0v) is 13.6. The van der Waals surface area contributed by atoms with Gasteiger partial charge >= 0.3 is 6.61 Å². The summed E-state index contributed by atoms with van der Waals surface area (Å²) in [4.78, 5) is 0. The first-order valence-electron chi connectivity index (χ1n) is 8.16. The van der Waals surface area contributed by atoms with Crippen LogP contribution in [-0.2, 0) is 11.3 Å². The summed E-state index contributed by atoms with van der Waals surface area (Å²) >= 11 is 0. The lowest BCUT2D eigenvalue weighted by atomic mass is 9.79. The molecule has 1 unspecified atom stereocenters. The van der Waals surface area contributed by atoms with Crippen LogP contribution in [0, 0.1) is 17.7 Å². The SMILES string of the molecule is C=CC1CCC(C(OCc2ccc(OC(F)F)c(F)c2)C(F)F)CC1. The van der Waals surface area contributed by atoms with E-state index in [1.807, 2.05) is 6.08 Å². The van der Waals surface area contributed by atoms with Gasteiger partial charge in [0.15, 0.2) is 11.6 Å². The molecule has 140 valence electrons. The number of allylic oxidation sites excluding steroid dienone is 1. The Bertz CT molecular complexity index is 556. The maximum atomic E-state index is 13.7. The van der Waals surface area contributed by atoms with Gasteiger partial charge in [0.2, 0.25) is 0 Å². The molecular formula is C18H21F5O2.